The fourth-order valence-electron chi connectivity index (χ4n) is 0.981. The molecule has 2 nitrogen and oxygen atoms in total. The van der Waals surface area contributed by atoms with Gasteiger partial charge in [0.15, 0.2) is 9.84 Å². The zero-order valence-corrected chi connectivity index (χ0v) is 9.35. The van der Waals surface area contributed by atoms with Gasteiger partial charge in [0.25, 0.3) is 0 Å². The van der Waals surface area contributed by atoms with Crippen molar-refractivity contribution in [3.63, 3.8) is 0 Å². The lowest BCUT2D eigenvalue weighted by Gasteiger charge is -2.05. The van der Waals surface area contributed by atoms with Gasteiger partial charge in [-0.3, -0.25) is 0 Å². The van der Waals surface area contributed by atoms with Crippen LogP contribution < -0.4 is 0 Å². The third kappa shape index (κ3) is 2.16. The van der Waals surface area contributed by atoms with Crippen LogP contribution in [-0.4, -0.2) is 13.1 Å². The highest BCUT2D eigenvalue weighted by molar-refractivity contribution is 7.93. The van der Waals surface area contributed by atoms with Crippen molar-refractivity contribution in [2.75, 3.05) is 0 Å². The summed E-state index contributed by atoms with van der Waals surface area (Å²) in [5.41, 5.74) is 0.881. The first kappa shape index (κ1) is 11.3. The predicted molar refractivity (Wildman–Crippen MR) is 59.0 cm³/mol. The van der Waals surface area contributed by atoms with E-state index in [9.17, 15) is 8.42 Å². The van der Waals surface area contributed by atoms with Gasteiger partial charge in [0, 0.05) is 0 Å². The maximum Gasteiger partial charge on any atom is 0.194 e. The van der Waals surface area contributed by atoms with Crippen molar-refractivity contribution >= 4 is 27.5 Å². The van der Waals surface area contributed by atoms with E-state index in [0.29, 0.717) is 0 Å². The van der Waals surface area contributed by atoms with Crippen LogP contribution in [0.2, 0.25) is 0 Å². The van der Waals surface area contributed by atoms with E-state index in [-0.39, 0.29) is 4.90 Å². The second-order valence-corrected chi connectivity index (χ2v) is 6.04. The van der Waals surface area contributed by atoms with Crippen LogP contribution in [0.4, 0.5) is 0 Å². The Morgan fingerprint density at radius 3 is 2.21 bits per heavy atom. The zero-order chi connectivity index (χ0) is 10.8. The molecule has 0 saturated carbocycles. The topological polar surface area (TPSA) is 34.1 Å². The molecular formula is C10H11ClO2S. The van der Waals surface area contributed by atoms with Crippen molar-refractivity contribution in [2.24, 2.45) is 0 Å². The van der Waals surface area contributed by atoms with Gasteiger partial charge in [0.05, 0.1) is 4.90 Å². The molecule has 4 heteroatoms. The Hall–Kier alpha value is -0.800. The first-order valence-electron chi connectivity index (χ1n) is 4.09. The molecule has 76 valence electrons. The second-order valence-electron chi connectivity index (χ2n) is 2.86. The predicted octanol–water partition coefficient (Wildman–Crippen LogP) is 2.69. The van der Waals surface area contributed by atoms with Crippen molar-refractivity contribution in [3.8, 4) is 0 Å². The maximum absolute atomic E-state index is 11.6. The fourth-order valence-corrected chi connectivity index (χ4v) is 2.18. The molecule has 0 heterocycles. The first-order valence-corrected chi connectivity index (χ1v) is 6.07. The molecule has 0 spiro atoms. The van der Waals surface area contributed by atoms with Crippen LogP contribution in [0, 0.1) is 0 Å². The lowest BCUT2D eigenvalue weighted by atomic mass is 10.2. The lowest BCUT2D eigenvalue weighted by Crippen LogP contribution is -2.11. The quantitative estimate of drug-likeness (QED) is 0.749. The zero-order valence-electron chi connectivity index (χ0n) is 7.77. The Labute approximate surface area is 89.1 Å². The molecule has 1 aromatic rings. The van der Waals surface area contributed by atoms with Gasteiger partial charge in [0.1, 0.15) is 4.71 Å². The van der Waals surface area contributed by atoms with Gasteiger partial charge in [-0.05, 0) is 24.6 Å². The van der Waals surface area contributed by atoms with Crippen molar-refractivity contribution in [1.82, 2.24) is 0 Å². The number of sulfone groups is 1. The second kappa shape index (κ2) is 4.15. The molecule has 1 rings (SSSR count). The van der Waals surface area contributed by atoms with E-state index >= 15 is 0 Å². The van der Waals surface area contributed by atoms with Gasteiger partial charge in [0.2, 0.25) is 0 Å². The molecule has 1 aromatic carbocycles. The summed E-state index contributed by atoms with van der Waals surface area (Å²) >= 11 is 5.57. The minimum absolute atomic E-state index is 0.241. The number of halogens is 1. The molecule has 0 aliphatic rings. The summed E-state index contributed by atoms with van der Waals surface area (Å²) in [6.07, 6.45) is 1.65. The average Bonchev–Trinajstić information content (AvgIpc) is 2.17. The van der Waals surface area contributed by atoms with Crippen LogP contribution in [0.25, 0.3) is 6.08 Å². The Bertz CT molecular complexity index is 418. The van der Waals surface area contributed by atoms with Gasteiger partial charge in [-0.1, -0.05) is 24.8 Å². The molecule has 0 bridgehead atoms. The Kier molecular flexibility index (Phi) is 3.34. The summed E-state index contributed by atoms with van der Waals surface area (Å²) < 4.78 is 22.2. The number of alkyl halides is 1. The molecule has 0 fully saturated rings. The van der Waals surface area contributed by atoms with Crippen LogP contribution in [0.3, 0.4) is 0 Å². The summed E-state index contributed by atoms with van der Waals surface area (Å²) in [5.74, 6) is 0. The summed E-state index contributed by atoms with van der Waals surface area (Å²) in [5, 5.41) is 0. The van der Waals surface area contributed by atoms with E-state index in [2.05, 4.69) is 6.58 Å². The van der Waals surface area contributed by atoms with Crippen LogP contribution >= 0.6 is 11.6 Å². The number of hydrogen-bond acceptors (Lipinski definition) is 2. The minimum Gasteiger partial charge on any atom is -0.222 e. The van der Waals surface area contributed by atoms with E-state index in [0.717, 1.165) is 5.56 Å². The molecule has 14 heavy (non-hydrogen) atoms. The Morgan fingerprint density at radius 2 is 1.86 bits per heavy atom. The highest BCUT2D eigenvalue weighted by Crippen LogP contribution is 2.18. The van der Waals surface area contributed by atoms with Crippen LogP contribution in [-0.2, 0) is 9.84 Å². The molecule has 0 aliphatic carbocycles. The molecule has 0 radical (unpaired) electrons. The van der Waals surface area contributed by atoms with Crippen molar-refractivity contribution in [1.29, 1.82) is 0 Å². The molecule has 0 aromatic heterocycles. The lowest BCUT2D eigenvalue weighted by molar-refractivity contribution is 0.594. The van der Waals surface area contributed by atoms with Crippen LogP contribution in [0.5, 0.6) is 0 Å². The Balaban J connectivity index is 3.16. The number of hydrogen-bond donors (Lipinski definition) is 0. The SMILES string of the molecule is C=Cc1ccc(S(=O)(=O)C(C)Cl)cc1. The minimum atomic E-state index is -3.37. The largest absolute Gasteiger partial charge is 0.222 e. The van der Waals surface area contributed by atoms with Gasteiger partial charge >= 0.3 is 0 Å². The summed E-state index contributed by atoms with van der Waals surface area (Å²) in [6, 6.07) is 6.45. The summed E-state index contributed by atoms with van der Waals surface area (Å²) in [6.45, 7) is 5.03. The average molecular weight is 231 g/mol. The summed E-state index contributed by atoms with van der Waals surface area (Å²) in [7, 11) is -3.37. The van der Waals surface area contributed by atoms with Crippen molar-refractivity contribution in [3.05, 3.63) is 36.4 Å². The summed E-state index contributed by atoms with van der Waals surface area (Å²) in [4.78, 5) is 0.241. The van der Waals surface area contributed by atoms with E-state index in [4.69, 9.17) is 11.6 Å². The smallest absolute Gasteiger partial charge is 0.194 e. The fraction of sp³-hybridized carbons (Fsp3) is 0.200. The molecular weight excluding hydrogens is 220 g/mol. The molecule has 0 aliphatic heterocycles. The highest BCUT2D eigenvalue weighted by Gasteiger charge is 2.20. The van der Waals surface area contributed by atoms with Gasteiger partial charge in [-0.2, -0.15) is 0 Å². The number of rotatable bonds is 3. The van der Waals surface area contributed by atoms with E-state index in [1.165, 1.54) is 19.1 Å². The molecule has 0 amide bonds. The van der Waals surface area contributed by atoms with Crippen LogP contribution in [0.1, 0.15) is 12.5 Å². The maximum atomic E-state index is 11.6. The van der Waals surface area contributed by atoms with Crippen LogP contribution in [0.15, 0.2) is 35.7 Å². The van der Waals surface area contributed by atoms with Crippen molar-refractivity contribution < 1.29 is 8.42 Å². The molecule has 1 unspecified atom stereocenters. The highest BCUT2D eigenvalue weighted by atomic mass is 35.5. The molecule has 0 N–H and O–H groups in total. The normalized spacial score (nSPS) is 13.6. The molecule has 0 saturated heterocycles. The van der Waals surface area contributed by atoms with E-state index in [1.54, 1.807) is 18.2 Å². The third-order valence-electron chi connectivity index (χ3n) is 1.87. The first-order chi connectivity index (χ1) is 6.48. The Morgan fingerprint density at radius 1 is 1.36 bits per heavy atom. The standard InChI is InChI=1S/C10H11ClO2S/c1-3-9-4-6-10(7-5-9)14(12,13)8(2)11/h3-8H,1H2,2H3. The third-order valence-corrected chi connectivity index (χ3v) is 4.36. The van der Waals surface area contributed by atoms with Gasteiger partial charge in [-0.25, -0.2) is 8.42 Å². The van der Waals surface area contributed by atoms with Gasteiger partial charge < -0.3 is 0 Å². The van der Waals surface area contributed by atoms with Gasteiger partial charge in [-0.15, -0.1) is 11.6 Å². The molecule has 1 atom stereocenters. The van der Waals surface area contributed by atoms with E-state index < -0.39 is 14.5 Å². The van der Waals surface area contributed by atoms with E-state index in [1.807, 2.05) is 0 Å². The monoisotopic (exact) mass is 230 g/mol. The number of benzene rings is 1. The van der Waals surface area contributed by atoms with Crippen molar-refractivity contribution in [2.45, 2.75) is 16.5 Å².